The van der Waals surface area contributed by atoms with Crippen molar-refractivity contribution in [2.24, 2.45) is 5.92 Å². The zero-order chi connectivity index (χ0) is 21.2. The summed E-state index contributed by atoms with van der Waals surface area (Å²) >= 11 is 0. The monoisotopic (exact) mass is 415 g/mol. The molecule has 6 nitrogen and oxygen atoms in total. The molecule has 2 saturated heterocycles. The predicted molar refractivity (Wildman–Crippen MR) is 123 cm³/mol. The Labute approximate surface area is 181 Å². The molecule has 31 heavy (non-hydrogen) atoms. The third-order valence-electron chi connectivity index (χ3n) is 6.06. The molecule has 158 valence electrons. The van der Waals surface area contributed by atoms with E-state index in [1.165, 1.54) is 0 Å². The van der Waals surface area contributed by atoms with E-state index < -0.39 is 0 Å². The Morgan fingerprint density at radius 3 is 2.48 bits per heavy atom. The van der Waals surface area contributed by atoms with Crippen LogP contribution in [0.4, 0.5) is 17.1 Å². The molecule has 2 fully saturated rings. The van der Waals surface area contributed by atoms with Crippen LogP contribution in [0.25, 0.3) is 10.8 Å². The lowest BCUT2D eigenvalue weighted by molar-refractivity contribution is -0.122. The summed E-state index contributed by atoms with van der Waals surface area (Å²) in [4.78, 5) is 29.6. The van der Waals surface area contributed by atoms with Gasteiger partial charge in [-0.15, -0.1) is 0 Å². The summed E-state index contributed by atoms with van der Waals surface area (Å²) in [5.74, 6) is -0.500. The van der Waals surface area contributed by atoms with Gasteiger partial charge >= 0.3 is 0 Å². The number of nitrogens with zero attached hydrogens (tertiary/aromatic N) is 2. The van der Waals surface area contributed by atoms with Gasteiger partial charge in [-0.1, -0.05) is 36.4 Å². The Morgan fingerprint density at radius 1 is 0.935 bits per heavy atom. The zero-order valence-electron chi connectivity index (χ0n) is 17.3. The first-order valence-electron chi connectivity index (χ1n) is 10.7. The van der Waals surface area contributed by atoms with Gasteiger partial charge in [0.1, 0.15) is 0 Å². The third kappa shape index (κ3) is 3.99. The van der Waals surface area contributed by atoms with E-state index in [1.54, 1.807) is 4.90 Å². The second kappa shape index (κ2) is 8.40. The van der Waals surface area contributed by atoms with E-state index in [0.29, 0.717) is 6.54 Å². The second-order valence-corrected chi connectivity index (χ2v) is 8.04. The summed E-state index contributed by atoms with van der Waals surface area (Å²) in [6.45, 7) is 3.62. The number of anilines is 3. The lowest BCUT2D eigenvalue weighted by atomic mass is 10.1. The molecule has 1 atom stereocenters. The molecule has 3 aromatic carbocycles. The van der Waals surface area contributed by atoms with Gasteiger partial charge in [0.05, 0.1) is 24.8 Å². The van der Waals surface area contributed by atoms with Crippen LogP contribution in [0, 0.1) is 5.92 Å². The summed E-state index contributed by atoms with van der Waals surface area (Å²) < 4.78 is 5.40. The average molecular weight is 415 g/mol. The number of ether oxygens (including phenoxy) is 1. The van der Waals surface area contributed by atoms with E-state index in [1.807, 2.05) is 66.7 Å². The van der Waals surface area contributed by atoms with Crippen molar-refractivity contribution in [3.8, 4) is 0 Å². The minimum atomic E-state index is -0.370. The third-order valence-corrected chi connectivity index (χ3v) is 6.06. The summed E-state index contributed by atoms with van der Waals surface area (Å²) in [7, 11) is 0. The summed E-state index contributed by atoms with van der Waals surface area (Å²) in [6.07, 6.45) is 0.223. The first-order chi connectivity index (χ1) is 15.2. The lowest BCUT2D eigenvalue weighted by Gasteiger charge is -2.28. The largest absolute Gasteiger partial charge is 0.378 e. The number of benzene rings is 3. The number of nitrogens with one attached hydrogen (secondary N) is 1. The molecule has 0 bridgehead atoms. The Morgan fingerprint density at radius 2 is 1.68 bits per heavy atom. The minimum Gasteiger partial charge on any atom is -0.378 e. The molecule has 2 aliphatic rings. The van der Waals surface area contributed by atoms with Gasteiger partial charge in [0.2, 0.25) is 11.8 Å². The van der Waals surface area contributed by atoms with Crippen LogP contribution in [0.15, 0.2) is 66.7 Å². The Balaban J connectivity index is 1.27. The number of carbonyl (C=O) groups excluding carboxylic acids is 2. The van der Waals surface area contributed by atoms with Crippen LogP contribution in [0.3, 0.4) is 0 Å². The SMILES string of the molecule is O=C(Nc1ccc(N2CCOCC2)cc1)[C@H]1CC(=O)N(c2cccc3ccccc23)C1. The Kier molecular flexibility index (Phi) is 5.30. The maximum absolute atomic E-state index is 12.9. The molecule has 0 spiro atoms. The van der Waals surface area contributed by atoms with Crippen LogP contribution in [-0.2, 0) is 14.3 Å². The number of hydrogen-bond acceptors (Lipinski definition) is 4. The highest BCUT2D eigenvalue weighted by atomic mass is 16.5. The van der Waals surface area contributed by atoms with E-state index in [9.17, 15) is 9.59 Å². The van der Waals surface area contributed by atoms with Gasteiger partial charge in [-0.3, -0.25) is 9.59 Å². The van der Waals surface area contributed by atoms with E-state index in [0.717, 1.165) is 54.1 Å². The average Bonchev–Trinajstić information content (AvgIpc) is 3.21. The van der Waals surface area contributed by atoms with Crippen molar-refractivity contribution in [3.63, 3.8) is 0 Å². The summed E-state index contributed by atoms with van der Waals surface area (Å²) in [5.41, 5.74) is 2.74. The van der Waals surface area contributed by atoms with Crippen molar-refractivity contribution < 1.29 is 14.3 Å². The maximum atomic E-state index is 12.9. The molecule has 2 heterocycles. The van der Waals surface area contributed by atoms with Gasteiger partial charge in [0.15, 0.2) is 0 Å². The van der Waals surface area contributed by atoms with Crippen molar-refractivity contribution in [1.29, 1.82) is 0 Å². The molecule has 1 N–H and O–H groups in total. The van der Waals surface area contributed by atoms with Crippen LogP contribution in [-0.4, -0.2) is 44.7 Å². The van der Waals surface area contributed by atoms with Gasteiger partial charge in [0.25, 0.3) is 0 Å². The van der Waals surface area contributed by atoms with Crippen LogP contribution < -0.4 is 15.1 Å². The summed E-state index contributed by atoms with van der Waals surface area (Å²) in [5, 5.41) is 5.09. The van der Waals surface area contributed by atoms with Gasteiger partial charge in [-0.2, -0.15) is 0 Å². The van der Waals surface area contributed by atoms with E-state index in [2.05, 4.69) is 10.2 Å². The number of fused-ring (bicyclic) bond motifs is 1. The molecule has 2 aliphatic heterocycles. The van der Waals surface area contributed by atoms with Gasteiger partial charge in [-0.05, 0) is 35.7 Å². The summed E-state index contributed by atoms with van der Waals surface area (Å²) in [6, 6.07) is 21.8. The lowest BCUT2D eigenvalue weighted by Crippen LogP contribution is -2.36. The number of rotatable bonds is 4. The molecular weight excluding hydrogens is 390 g/mol. The second-order valence-electron chi connectivity index (χ2n) is 8.04. The molecule has 0 aliphatic carbocycles. The number of hydrogen-bond donors (Lipinski definition) is 1. The first kappa shape index (κ1) is 19.6. The zero-order valence-corrected chi connectivity index (χ0v) is 17.3. The van der Waals surface area contributed by atoms with Crippen molar-refractivity contribution in [2.75, 3.05) is 48.0 Å². The highest BCUT2D eigenvalue weighted by Gasteiger charge is 2.35. The molecule has 0 radical (unpaired) electrons. The van der Waals surface area contributed by atoms with E-state index in [-0.39, 0.29) is 24.2 Å². The molecule has 6 heteroatoms. The molecular formula is C25H25N3O3. The molecule has 0 saturated carbocycles. The standard InChI is InChI=1S/C25H25N3O3/c29-24-16-19(17-28(24)23-7-3-5-18-4-1-2-6-22(18)23)25(30)26-20-8-10-21(11-9-20)27-12-14-31-15-13-27/h1-11,19H,12-17H2,(H,26,30)/t19-/m0/s1. The molecule has 5 rings (SSSR count). The first-order valence-corrected chi connectivity index (χ1v) is 10.7. The van der Waals surface area contributed by atoms with Crippen molar-refractivity contribution in [2.45, 2.75) is 6.42 Å². The molecule has 0 aromatic heterocycles. The minimum absolute atomic E-state index is 0.0147. The van der Waals surface area contributed by atoms with E-state index in [4.69, 9.17) is 4.74 Å². The van der Waals surface area contributed by atoms with Crippen LogP contribution in [0.2, 0.25) is 0 Å². The van der Waals surface area contributed by atoms with Gasteiger partial charge < -0.3 is 19.9 Å². The number of morpholine rings is 1. The van der Waals surface area contributed by atoms with Crippen molar-refractivity contribution in [1.82, 2.24) is 0 Å². The molecule has 0 unspecified atom stereocenters. The normalized spacial score (nSPS) is 19.1. The Bertz CT molecular complexity index is 1100. The topological polar surface area (TPSA) is 61.9 Å². The van der Waals surface area contributed by atoms with Crippen molar-refractivity contribution in [3.05, 3.63) is 66.7 Å². The van der Waals surface area contributed by atoms with Crippen LogP contribution in [0.1, 0.15) is 6.42 Å². The smallest absolute Gasteiger partial charge is 0.229 e. The van der Waals surface area contributed by atoms with E-state index >= 15 is 0 Å². The highest BCUT2D eigenvalue weighted by Crippen LogP contribution is 2.32. The molecule has 2 amide bonds. The van der Waals surface area contributed by atoms with Crippen LogP contribution in [0.5, 0.6) is 0 Å². The van der Waals surface area contributed by atoms with Gasteiger partial charge in [-0.25, -0.2) is 0 Å². The van der Waals surface area contributed by atoms with Gasteiger partial charge in [0, 0.05) is 42.8 Å². The predicted octanol–water partition coefficient (Wildman–Crippen LogP) is 3.67. The fourth-order valence-electron chi connectivity index (χ4n) is 4.38. The highest BCUT2D eigenvalue weighted by molar-refractivity contribution is 6.08. The fraction of sp³-hybridized carbons (Fsp3) is 0.280. The molecule has 3 aromatic rings. The maximum Gasteiger partial charge on any atom is 0.229 e. The Hall–Kier alpha value is -3.38. The fourth-order valence-corrected chi connectivity index (χ4v) is 4.38. The number of amides is 2. The van der Waals surface area contributed by atoms with Crippen molar-refractivity contribution >= 4 is 39.6 Å². The quantitative estimate of drug-likeness (QED) is 0.706. The number of carbonyl (C=O) groups is 2. The van der Waals surface area contributed by atoms with Crippen LogP contribution >= 0.6 is 0 Å².